The Bertz CT molecular complexity index is 1110. The lowest BCUT2D eigenvalue weighted by molar-refractivity contribution is -0.117. The first kappa shape index (κ1) is 22.7. The number of anilines is 3. The monoisotopic (exact) mass is 469 g/mol. The first-order valence-corrected chi connectivity index (χ1v) is 11.3. The zero-order chi connectivity index (χ0) is 23.2. The minimum Gasteiger partial charge on any atom is -0.497 e. The molecule has 0 aliphatic carbocycles. The number of rotatable bonds is 7. The zero-order valence-electron chi connectivity index (χ0n) is 18.1. The Morgan fingerprint density at radius 2 is 1.82 bits per heavy atom. The van der Waals surface area contributed by atoms with Crippen molar-refractivity contribution in [2.45, 2.75) is 0 Å². The van der Waals surface area contributed by atoms with E-state index in [9.17, 15) is 14.0 Å². The average Bonchev–Trinajstić information content (AvgIpc) is 3.29. The van der Waals surface area contributed by atoms with Crippen LogP contribution in [0.3, 0.4) is 0 Å². The van der Waals surface area contributed by atoms with Gasteiger partial charge in [0.25, 0.3) is 5.91 Å². The summed E-state index contributed by atoms with van der Waals surface area (Å²) in [5.41, 5.74) is 1.34. The van der Waals surface area contributed by atoms with E-state index in [1.165, 1.54) is 17.4 Å². The molecule has 0 atom stereocenters. The second-order valence-electron chi connectivity index (χ2n) is 7.49. The number of nitrogens with zero attached hydrogens (tertiary/aromatic N) is 3. The van der Waals surface area contributed by atoms with Gasteiger partial charge in [-0.1, -0.05) is 12.1 Å². The van der Waals surface area contributed by atoms with Crippen LogP contribution in [0.15, 0.2) is 53.9 Å². The van der Waals surface area contributed by atoms with Crippen molar-refractivity contribution in [3.05, 3.63) is 65.4 Å². The maximum Gasteiger partial charge on any atom is 0.273 e. The van der Waals surface area contributed by atoms with Crippen LogP contribution >= 0.6 is 11.3 Å². The first-order valence-electron chi connectivity index (χ1n) is 10.4. The van der Waals surface area contributed by atoms with Crippen molar-refractivity contribution >= 4 is 39.7 Å². The number of aromatic nitrogens is 1. The van der Waals surface area contributed by atoms with Crippen molar-refractivity contribution < 1.29 is 18.7 Å². The number of benzene rings is 2. The number of hydrogen-bond donors (Lipinski definition) is 2. The molecule has 0 radical (unpaired) electrons. The van der Waals surface area contributed by atoms with Gasteiger partial charge in [0, 0.05) is 37.2 Å². The summed E-state index contributed by atoms with van der Waals surface area (Å²) in [6, 6.07) is 13.5. The van der Waals surface area contributed by atoms with Crippen molar-refractivity contribution in [2.75, 3.05) is 50.5 Å². The fourth-order valence-corrected chi connectivity index (χ4v) is 4.15. The van der Waals surface area contributed by atoms with Crippen LogP contribution in [-0.2, 0) is 4.79 Å². The number of thiazole rings is 1. The minimum atomic E-state index is -0.382. The molecule has 0 saturated carbocycles. The van der Waals surface area contributed by atoms with Gasteiger partial charge in [-0.15, -0.1) is 11.3 Å². The summed E-state index contributed by atoms with van der Waals surface area (Å²) >= 11 is 1.25. The molecule has 4 rings (SSSR count). The molecule has 2 amide bonds. The van der Waals surface area contributed by atoms with Gasteiger partial charge in [-0.25, -0.2) is 9.37 Å². The molecule has 0 spiro atoms. The van der Waals surface area contributed by atoms with Crippen LogP contribution in [0.2, 0.25) is 0 Å². The fourth-order valence-electron chi connectivity index (χ4n) is 3.46. The third-order valence-electron chi connectivity index (χ3n) is 5.24. The summed E-state index contributed by atoms with van der Waals surface area (Å²) in [5.74, 6) is 0.0650. The van der Waals surface area contributed by atoms with E-state index in [1.807, 2.05) is 4.90 Å². The van der Waals surface area contributed by atoms with E-state index in [4.69, 9.17) is 4.74 Å². The molecular formula is C23H24FN5O3S. The molecule has 10 heteroatoms. The lowest BCUT2D eigenvalue weighted by Crippen LogP contribution is -2.50. The van der Waals surface area contributed by atoms with E-state index >= 15 is 0 Å². The molecule has 0 unspecified atom stereocenters. The average molecular weight is 470 g/mol. The molecule has 1 aromatic heterocycles. The number of methoxy groups -OCH3 is 1. The van der Waals surface area contributed by atoms with Crippen LogP contribution in [0.1, 0.15) is 10.5 Å². The molecule has 0 bridgehead atoms. The van der Waals surface area contributed by atoms with Crippen LogP contribution in [0.4, 0.5) is 20.9 Å². The molecule has 172 valence electrons. The number of ether oxygens (including phenoxy) is 1. The van der Waals surface area contributed by atoms with Gasteiger partial charge in [0.1, 0.15) is 17.3 Å². The third kappa shape index (κ3) is 5.85. The van der Waals surface area contributed by atoms with Gasteiger partial charge in [-0.05, 0) is 36.4 Å². The second-order valence-corrected chi connectivity index (χ2v) is 8.35. The number of piperazine rings is 1. The summed E-state index contributed by atoms with van der Waals surface area (Å²) in [7, 11) is 1.59. The lowest BCUT2D eigenvalue weighted by Gasteiger charge is -2.33. The van der Waals surface area contributed by atoms with Gasteiger partial charge in [0.05, 0.1) is 19.3 Å². The van der Waals surface area contributed by atoms with Gasteiger partial charge in [-0.3, -0.25) is 14.5 Å². The molecule has 1 saturated heterocycles. The van der Waals surface area contributed by atoms with Gasteiger partial charge in [0.2, 0.25) is 5.91 Å². The number of amides is 2. The van der Waals surface area contributed by atoms with Crippen LogP contribution < -0.4 is 15.4 Å². The summed E-state index contributed by atoms with van der Waals surface area (Å²) in [6.07, 6.45) is 0. The van der Waals surface area contributed by atoms with Crippen molar-refractivity contribution in [3.8, 4) is 5.75 Å². The highest BCUT2D eigenvalue weighted by molar-refractivity contribution is 7.14. The van der Waals surface area contributed by atoms with E-state index in [-0.39, 0.29) is 24.2 Å². The highest BCUT2D eigenvalue weighted by Crippen LogP contribution is 2.24. The van der Waals surface area contributed by atoms with Gasteiger partial charge >= 0.3 is 0 Å². The Hall–Kier alpha value is -3.50. The first-order chi connectivity index (χ1) is 16.0. The molecule has 1 aliphatic rings. The van der Waals surface area contributed by atoms with E-state index in [1.54, 1.807) is 59.9 Å². The van der Waals surface area contributed by atoms with Crippen LogP contribution in [0.25, 0.3) is 0 Å². The third-order valence-corrected chi connectivity index (χ3v) is 6.00. The maximum absolute atomic E-state index is 13.8. The van der Waals surface area contributed by atoms with E-state index in [0.717, 1.165) is 5.75 Å². The molecule has 1 aliphatic heterocycles. The van der Waals surface area contributed by atoms with Gasteiger partial charge in [0.15, 0.2) is 5.13 Å². The molecule has 1 fully saturated rings. The van der Waals surface area contributed by atoms with Crippen molar-refractivity contribution in [2.24, 2.45) is 0 Å². The Kier molecular flexibility index (Phi) is 7.16. The SMILES string of the molecule is COc1ccc(NC(=O)CN2CCN(C(=O)c3csc(Nc4ccccc4F)n3)CC2)cc1. The van der Waals surface area contributed by atoms with Crippen LogP contribution in [-0.4, -0.2) is 66.4 Å². The second kappa shape index (κ2) is 10.4. The van der Waals surface area contributed by atoms with Crippen molar-refractivity contribution in [1.29, 1.82) is 0 Å². The molecule has 2 aromatic carbocycles. The quantitative estimate of drug-likeness (QED) is 0.551. The van der Waals surface area contributed by atoms with Gasteiger partial charge < -0.3 is 20.3 Å². The standard InChI is InChI=1S/C23H24FN5O3S/c1-32-17-8-6-16(7-9-17)25-21(30)14-28-10-12-29(13-11-28)22(31)20-15-33-23(27-20)26-19-5-3-2-4-18(19)24/h2-9,15H,10-14H2,1H3,(H,25,30)(H,26,27). The fraction of sp³-hybridized carbons (Fsp3) is 0.261. The lowest BCUT2D eigenvalue weighted by atomic mass is 10.2. The van der Waals surface area contributed by atoms with Crippen LogP contribution in [0.5, 0.6) is 5.75 Å². The number of carbonyl (C=O) groups excluding carboxylic acids is 2. The molecule has 2 N–H and O–H groups in total. The Labute approximate surface area is 195 Å². The molecule has 2 heterocycles. The van der Waals surface area contributed by atoms with Crippen molar-refractivity contribution in [1.82, 2.24) is 14.8 Å². The smallest absolute Gasteiger partial charge is 0.273 e. The number of hydrogen-bond acceptors (Lipinski definition) is 7. The van der Waals surface area contributed by atoms with Crippen LogP contribution in [0, 0.1) is 5.82 Å². The predicted molar refractivity (Wildman–Crippen MR) is 126 cm³/mol. The summed E-state index contributed by atoms with van der Waals surface area (Å²) in [5, 5.41) is 7.90. The topological polar surface area (TPSA) is 86.8 Å². The molecule has 33 heavy (non-hydrogen) atoms. The molecular weight excluding hydrogens is 445 g/mol. The zero-order valence-corrected chi connectivity index (χ0v) is 18.9. The Balaban J connectivity index is 1.25. The van der Waals surface area contributed by atoms with E-state index in [0.29, 0.717) is 48.4 Å². The normalized spacial score (nSPS) is 14.1. The molecule has 8 nitrogen and oxygen atoms in total. The molecule has 3 aromatic rings. The van der Waals surface area contributed by atoms with E-state index in [2.05, 4.69) is 15.6 Å². The number of carbonyl (C=O) groups is 2. The Morgan fingerprint density at radius 3 is 2.52 bits per heavy atom. The van der Waals surface area contributed by atoms with Gasteiger partial charge in [-0.2, -0.15) is 0 Å². The minimum absolute atomic E-state index is 0.108. The number of nitrogens with one attached hydrogen (secondary N) is 2. The Morgan fingerprint density at radius 1 is 1.09 bits per heavy atom. The summed E-state index contributed by atoms with van der Waals surface area (Å²) in [6.45, 7) is 2.43. The van der Waals surface area contributed by atoms with Crippen molar-refractivity contribution in [3.63, 3.8) is 0 Å². The largest absolute Gasteiger partial charge is 0.497 e. The highest BCUT2D eigenvalue weighted by atomic mass is 32.1. The predicted octanol–water partition coefficient (Wildman–Crippen LogP) is 3.43. The van der Waals surface area contributed by atoms with E-state index < -0.39 is 0 Å². The number of halogens is 1. The summed E-state index contributed by atoms with van der Waals surface area (Å²) in [4.78, 5) is 33.2. The summed E-state index contributed by atoms with van der Waals surface area (Å²) < 4.78 is 18.9. The number of para-hydroxylation sites is 1. The highest BCUT2D eigenvalue weighted by Gasteiger charge is 2.25. The maximum atomic E-state index is 13.8.